The van der Waals surface area contributed by atoms with Gasteiger partial charge in [-0.2, -0.15) is 5.10 Å². The Morgan fingerprint density at radius 2 is 1.93 bits per heavy atom. The van der Waals surface area contributed by atoms with Crippen LogP contribution < -0.4 is 10.1 Å². The third kappa shape index (κ3) is 4.77. The standard InChI is InChI=1S/C22H19BrN4O3/c1-15-20(14-29-19-5-3-2-4-6-19)21(26-30-15)22(28)25-18-9-7-16(8-10-18)12-27-13-17(23)11-24-27/h2-11,13H,12,14H2,1H3,(H,25,28). The van der Waals surface area contributed by atoms with Crippen molar-refractivity contribution in [3.63, 3.8) is 0 Å². The number of carbonyl (C=O) groups excluding carboxylic acids is 1. The van der Waals surface area contributed by atoms with Crippen molar-refractivity contribution in [2.75, 3.05) is 5.32 Å². The first-order valence-corrected chi connectivity index (χ1v) is 10.1. The van der Waals surface area contributed by atoms with Gasteiger partial charge in [-0.1, -0.05) is 35.5 Å². The molecule has 0 aliphatic carbocycles. The van der Waals surface area contributed by atoms with E-state index >= 15 is 0 Å². The van der Waals surface area contributed by atoms with Crippen LogP contribution in [0.4, 0.5) is 5.69 Å². The summed E-state index contributed by atoms with van der Waals surface area (Å²) in [4.78, 5) is 12.7. The molecule has 7 nitrogen and oxygen atoms in total. The average molecular weight is 467 g/mol. The molecule has 0 spiro atoms. The summed E-state index contributed by atoms with van der Waals surface area (Å²) >= 11 is 3.38. The van der Waals surface area contributed by atoms with Gasteiger partial charge >= 0.3 is 0 Å². The lowest BCUT2D eigenvalue weighted by Gasteiger charge is -2.08. The normalized spacial score (nSPS) is 10.7. The number of para-hydroxylation sites is 1. The number of hydrogen-bond donors (Lipinski definition) is 1. The van der Waals surface area contributed by atoms with Gasteiger partial charge in [0.25, 0.3) is 5.91 Å². The van der Waals surface area contributed by atoms with Crippen LogP contribution in [-0.4, -0.2) is 20.8 Å². The summed E-state index contributed by atoms with van der Waals surface area (Å²) in [6.45, 7) is 2.60. The highest BCUT2D eigenvalue weighted by Gasteiger charge is 2.20. The largest absolute Gasteiger partial charge is 0.489 e. The van der Waals surface area contributed by atoms with Crippen LogP contribution in [0.1, 0.15) is 27.4 Å². The van der Waals surface area contributed by atoms with Gasteiger partial charge < -0.3 is 14.6 Å². The molecule has 0 unspecified atom stereocenters. The summed E-state index contributed by atoms with van der Waals surface area (Å²) in [7, 11) is 0. The zero-order chi connectivity index (χ0) is 20.9. The molecule has 0 radical (unpaired) electrons. The van der Waals surface area contributed by atoms with Crippen LogP contribution in [0.5, 0.6) is 5.75 Å². The lowest BCUT2D eigenvalue weighted by Crippen LogP contribution is -2.15. The molecule has 1 amide bonds. The monoisotopic (exact) mass is 466 g/mol. The van der Waals surface area contributed by atoms with Crippen LogP contribution in [0.15, 0.2) is 76.0 Å². The van der Waals surface area contributed by atoms with Gasteiger partial charge in [-0.25, -0.2) is 0 Å². The van der Waals surface area contributed by atoms with Gasteiger partial charge in [-0.3, -0.25) is 9.48 Å². The van der Waals surface area contributed by atoms with E-state index in [0.29, 0.717) is 29.3 Å². The number of hydrogen-bond acceptors (Lipinski definition) is 5. The topological polar surface area (TPSA) is 82.2 Å². The molecule has 2 aromatic heterocycles. The molecule has 4 aromatic rings. The maximum absolute atomic E-state index is 12.7. The van der Waals surface area contributed by atoms with E-state index in [4.69, 9.17) is 9.26 Å². The van der Waals surface area contributed by atoms with Gasteiger partial charge in [0.1, 0.15) is 18.1 Å². The van der Waals surface area contributed by atoms with Crippen molar-refractivity contribution in [1.29, 1.82) is 0 Å². The highest BCUT2D eigenvalue weighted by Crippen LogP contribution is 2.19. The molecule has 0 saturated heterocycles. The zero-order valence-corrected chi connectivity index (χ0v) is 17.8. The fourth-order valence-electron chi connectivity index (χ4n) is 2.91. The Hall–Kier alpha value is -3.39. The number of carbonyl (C=O) groups is 1. The number of nitrogens with zero attached hydrogens (tertiary/aromatic N) is 3. The maximum Gasteiger partial charge on any atom is 0.278 e. The molecule has 2 heterocycles. The highest BCUT2D eigenvalue weighted by molar-refractivity contribution is 9.10. The van der Waals surface area contributed by atoms with Crippen molar-refractivity contribution in [3.8, 4) is 5.75 Å². The van der Waals surface area contributed by atoms with Crippen molar-refractivity contribution in [3.05, 3.63) is 94.0 Å². The minimum atomic E-state index is -0.345. The van der Waals surface area contributed by atoms with Gasteiger partial charge in [0.15, 0.2) is 5.69 Å². The second-order valence-electron chi connectivity index (χ2n) is 6.67. The second kappa shape index (κ2) is 8.96. The number of amides is 1. The first-order chi connectivity index (χ1) is 14.6. The Labute approximate surface area is 181 Å². The van der Waals surface area contributed by atoms with Crippen LogP contribution in [0.2, 0.25) is 0 Å². The summed E-state index contributed by atoms with van der Waals surface area (Å²) < 4.78 is 13.7. The van der Waals surface area contributed by atoms with E-state index < -0.39 is 0 Å². The maximum atomic E-state index is 12.7. The van der Waals surface area contributed by atoms with E-state index in [0.717, 1.165) is 10.0 Å². The lowest BCUT2D eigenvalue weighted by molar-refractivity contribution is 0.101. The SMILES string of the molecule is Cc1onc(C(=O)Nc2ccc(Cn3cc(Br)cn3)cc2)c1COc1ccccc1. The number of aryl methyl sites for hydroxylation is 1. The fourth-order valence-corrected chi connectivity index (χ4v) is 3.24. The smallest absolute Gasteiger partial charge is 0.278 e. The summed E-state index contributed by atoms with van der Waals surface area (Å²) in [5, 5.41) is 11.0. The fraction of sp³-hybridized carbons (Fsp3) is 0.136. The predicted octanol–water partition coefficient (Wildman–Crippen LogP) is 4.82. The number of aromatic nitrogens is 3. The van der Waals surface area contributed by atoms with Gasteiger partial charge in [0.05, 0.1) is 22.8 Å². The zero-order valence-electron chi connectivity index (χ0n) is 16.2. The van der Waals surface area contributed by atoms with Crippen LogP contribution in [0.3, 0.4) is 0 Å². The Balaban J connectivity index is 1.41. The summed E-state index contributed by atoms with van der Waals surface area (Å²) in [5.41, 5.74) is 2.57. The number of rotatable bonds is 7. The van der Waals surface area contributed by atoms with Crippen molar-refractivity contribution in [2.24, 2.45) is 0 Å². The van der Waals surface area contributed by atoms with E-state index in [2.05, 4.69) is 31.5 Å². The number of nitrogens with one attached hydrogen (secondary N) is 1. The van der Waals surface area contributed by atoms with Crippen molar-refractivity contribution >= 4 is 27.5 Å². The minimum Gasteiger partial charge on any atom is -0.489 e. The van der Waals surface area contributed by atoms with E-state index in [1.165, 1.54) is 0 Å². The van der Waals surface area contributed by atoms with E-state index in [9.17, 15) is 4.79 Å². The Kier molecular flexibility index (Phi) is 5.94. The molecular formula is C22H19BrN4O3. The van der Waals surface area contributed by atoms with Gasteiger partial charge in [-0.05, 0) is 52.7 Å². The minimum absolute atomic E-state index is 0.195. The van der Waals surface area contributed by atoms with E-state index in [1.54, 1.807) is 13.1 Å². The van der Waals surface area contributed by atoms with Gasteiger partial charge in [-0.15, -0.1) is 0 Å². The molecular weight excluding hydrogens is 448 g/mol. The first-order valence-electron chi connectivity index (χ1n) is 9.30. The molecule has 30 heavy (non-hydrogen) atoms. The Morgan fingerprint density at radius 3 is 2.63 bits per heavy atom. The molecule has 1 N–H and O–H groups in total. The molecule has 4 rings (SSSR count). The van der Waals surface area contributed by atoms with E-state index in [-0.39, 0.29) is 18.2 Å². The van der Waals surface area contributed by atoms with Crippen LogP contribution in [0.25, 0.3) is 0 Å². The summed E-state index contributed by atoms with van der Waals surface area (Å²) in [6, 6.07) is 17.0. The van der Waals surface area contributed by atoms with Gasteiger partial charge in [0.2, 0.25) is 0 Å². The van der Waals surface area contributed by atoms with Crippen molar-refractivity contribution in [1.82, 2.24) is 14.9 Å². The Morgan fingerprint density at radius 1 is 1.17 bits per heavy atom. The molecule has 0 fully saturated rings. The molecule has 152 valence electrons. The molecule has 0 atom stereocenters. The third-order valence-electron chi connectivity index (χ3n) is 4.48. The number of halogens is 1. The van der Waals surface area contributed by atoms with Gasteiger partial charge in [0, 0.05) is 11.9 Å². The Bertz CT molecular complexity index is 1140. The molecule has 0 saturated carbocycles. The molecule has 2 aromatic carbocycles. The van der Waals surface area contributed by atoms with Crippen LogP contribution >= 0.6 is 15.9 Å². The summed E-state index contributed by atoms with van der Waals surface area (Å²) in [6.07, 6.45) is 3.65. The van der Waals surface area contributed by atoms with E-state index in [1.807, 2.05) is 65.5 Å². The lowest BCUT2D eigenvalue weighted by atomic mass is 10.1. The quantitative estimate of drug-likeness (QED) is 0.422. The number of ether oxygens (including phenoxy) is 1. The number of anilines is 1. The predicted molar refractivity (Wildman–Crippen MR) is 115 cm³/mol. The number of benzene rings is 2. The van der Waals surface area contributed by atoms with Crippen LogP contribution in [0, 0.1) is 6.92 Å². The summed E-state index contributed by atoms with van der Waals surface area (Å²) in [5.74, 6) is 0.920. The molecule has 0 bridgehead atoms. The van der Waals surface area contributed by atoms with Crippen molar-refractivity contribution in [2.45, 2.75) is 20.1 Å². The van der Waals surface area contributed by atoms with Crippen LogP contribution in [-0.2, 0) is 13.2 Å². The molecule has 0 aliphatic rings. The average Bonchev–Trinajstić information content (AvgIpc) is 3.33. The second-order valence-corrected chi connectivity index (χ2v) is 7.59. The van der Waals surface area contributed by atoms with Crippen molar-refractivity contribution < 1.29 is 14.1 Å². The third-order valence-corrected chi connectivity index (χ3v) is 4.89. The molecule has 0 aliphatic heterocycles. The highest BCUT2D eigenvalue weighted by atomic mass is 79.9. The first kappa shape index (κ1) is 19.9. The molecule has 8 heteroatoms.